The van der Waals surface area contributed by atoms with Gasteiger partial charge in [-0.25, -0.2) is 8.78 Å². The molecule has 1 aliphatic heterocycles. The Hall–Kier alpha value is -1.16. The van der Waals surface area contributed by atoms with Gasteiger partial charge in [-0.05, 0) is 19.4 Å². The van der Waals surface area contributed by atoms with Crippen LogP contribution in [0.5, 0.6) is 5.75 Å². The first-order valence-corrected chi connectivity index (χ1v) is 4.98. The predicted octanol–water partition coefficient (Wildman–Crippen LogP) is 2.40. The van der Waals surface area contributed by atoms with Crippen LogP contribution in [0.4, 0.5) is 8.78 Å². The highest BCUT2D eigenvalue weighted by Crippen LogP contribution is 2.30. The molecule has 2 rings (SSSR count). The topological polar surface area (TPSA) is 21.3 Å². The largest absolute Gasteiger partial charge is 0.497 e. The number of halogens is 2. The molecule has 1 atom stereocenters. The molecular formula is C11H13F2NO. The molecule has 0 saturated carbocycles. The molecule has 0 amide bonds. The maximum absolute atomic E-state index is 13.6. The van der Waals surface area contributed by atoms with E-state index in [-0.39, 0.29) is 17.4 Å². The van der Waals surface area contributed by atoms with E-state index >= 15 is 0 Å². The van der Waals surface area contributed by atoms with Gasteiger partial charge < -0.3 is 10.1 Å². The van der Waals surface area contributed by atoms with Gasteiger partial charge in [-0.15, -0.1) is 0 Å². The van der Waals surface area contributed by atoms with E-state index in [1.165, 1.54) is 19.2 Å². The highest BCUT2D eigenvalue weighted by atomic mass is 19.1. The molecule has 0 bridgehead atoms. The number of rotatable bonds is 2. The van der Waals surface area contributed by atoms with Crippen LogP contribution in [0.25, 0.3) is 0 Å². The van der Waals surface area contributed by atoms with E-state index in [1.54, 1.807) is 0 Å². The Morgan fingerprint density at radius 2 is 2.00 bits per heavy atom. The van der Waals surface area contributed by atoms with Crippen LogP contribution in [-0.2, 0) is 0 Å². The van der Waals surface area contributed by atoms with Crippen molar-refractivity contribution in [3.8, 4) is 5.75 Å². The zero-order valence-corrected chi connectivity index (χ0v) is 8.52. The second-order valence-corrected chi connectivity index (χ2v) is 3.65. The zero-order valence-electron chi connectivity index (χ0n) is 8.52. The summed E-state index contributed by atoms with van der Waals surface area (Å²) < 4.78 is 32.0. The van der Waals surface area contributed by atoms with E-state index in [0.29, 0.717) is 0 Å². The first-order chi connectivity index (χ1) is 7.22. The molecule has 1 saturated heterocycles. The summed E-state index contributed by atoms with van der Waals surface area (Å²) in [5, 5.41) is 3.07. The molecule has 4 heteroatoms. The molecule has 1 N–H and O–H groups in total. The Morgan fingerprint density at radius 3 is 2.47 bits per heavy atom. The summed E-state index contributed by atoms with van der Waals surface area (Å²) >= 11 is 0. The molecule has 0 radical (unpaired) electrons. The molecule has 1 aliphatic rings. The molecule has 1 aromatic rings. The summed E-state index contributed by atoms with van der Waals surface area (Å²) in [6.07, 6.45) is 1.73. The van der Waals surface area contributed by atoms with Gasteiger partial charge in [0.2, 0.25) is 0 Å². The van der Waals surface area contributed by atoms with Gasteiger partial charge in [-0.3, -0.25) is 0 Å². The van der Waals surface area contributed by atoms with Crippen molar-refractivity contribution in [2.24, 2.45) is 0 Å². The van der Waals surface area contributed by atoms with Crippen LogP contribution in [0.2, 0.25) is 0 Å². The highest BCUT2D eigenvalue weighted by Gasteiger charge is 2.23. The van der Waals surface area contributed by atoms with Gasteiger partial charge in [0.15, 0.2) is 0 Å². The molecule has 15 heavy (non-hydrogen) atoms. The number of hydrogen-bond acceptors (Lipinski definition) is 2. The molecular weight excluding hydrogens is 200 g/mol. The van der Waals surface area contributed by atoms with Crippen LogP contribution in [0.1, 0.15) is 24.4 Å². The normalized spacial score (nSPS) is 20.6. The fourth-order valence-electron chi connectivity index (χ4n) is 1.94. The minimum Gasteiger partial charge on any atom is -0.497 e. The molecule has 0 aliphatic carbocycles. The number of ether oxygens (including phenoxy) is 1. The van der Waals surface area contributed by atoms with Gasteiger partial charge in [0.05, 0.1) is 7.11 Å². The second-order valence-electron chi connectivity index (χ2n) is 3.65. The Kier molecular flexibility index (Phi) is 2.86. The standard InChI is InChI=1S/C11H13F2NO/c1-15-7-5-8(12)11(9(13)6-7)10-3-2-4-14-10/h5-6,10,14H,2-4H2,1H3/t10-/m0/s1. The Morgan fingerprint density at radius 1 is 1.33 bits per heavy atom. The lowest BCUT2D eigenvalue weighted by molar-refractivity contribution is 0.402. The fourth-order valence-corrected chi connectivity index (χ4v) is 1.94. The summed E-state index contributed by atoms with van der Waals surface area (Å²) in [6, 6.07) is 2.24. The van der Waals surface area contributed by atoms with Crippen molar-refractivity contribution in [1.29, 1.82) is 0 Å². The fraction of sp³-hybridized carbons (Fsp3) is 0.455. The second kappa shape index (κ2) is 4.14. The average Bonchev–Trinajstić information content (AvgIpc) is 2.69. The molecule has 82 valence electrons. The molecule has 0 unspecified atom stereocenters. The average molecular weight is 213 g/mol. The minimum absolute atomic E-state index is 0.133. The maximum Gasteiger partial charge on any atom is 0.134 e. The third-order valence-electron chi connectivity index (χ3n) is 2.70. The van der Waals surface area contributed by atoms with Crippen molar-refractivity contribution >= 4 is 0 Å². The van der Waals surface area contributed by atoms with Crippen LogP contribution in [0, 0.1) is 11.6 Å². The summed E-state index contributed by atoms with van der Waals surface area (Å²) in [5.41, 5.74) is 0.133. The van der Waals surface area contributed by atoms with Crippen LogP contribution in [-0.4, -0.2) is 13.7 Å². The number of hydrogen-bond donors (Lipinski definition) is 1. The van der Waals surface area contributed by atoms with Gasteiger partial charge in [0.1, 0.15) is 17.4 Å². The first-order valence-electron chi connectivity index (χ1n) is 4.98. The van der Waals surface area contributed by atoms with E-state index in [1.807, 2.05) is 0 Å². The van der Waals surface area contributed by atoms with Gasteiger partial charge in [-0.1, -0.05) is 0 Å². The van der Waals surface area contributed by atoms with E-state index < -0.39 is 11.6 Å². The van der Waals surface area contributed by atoms with Crippen molar-refractivity contribution in [2.75, 3.05) is 13.7 Å². The lowest BCUT2D eigenvalue weighted by Gasteiger charge is -2.13. The van der Waals surface area contributed by atoms with Crippen molar-refractivity contribution in [1.82, 2.24) is 5.32 Å². The first kappa shape index (κ1) is 10.4. The van der Waals surface area contributed by atoms with Crippen LogP contribution in [0.15, 0.2) is 12.1 Å². The molecule has 2 nitrogen and oxygen atoms in total. The van der Waals surface area contributed by atoms with Gasteiger partial charge in [0, 0.05) is 23.7 Å². The van der Waals surface area contributed by atoms with Gasteiger partial charge in [-0.2, -0.15) is 0 Å². The van der Waals surface area contributed by atoms with Crippen LogP contribution < -0.4 is 10.1 Å². The number of benzene rings is 1. The SMILES string of the molecule is COc1cc(F)c([C@@H]2CCCN2)c(F)c1. The van der Waals surface area contributed by atoms with Gasteiger partial charge in [0.25, 0.3) is 0 Å². The summed E-state index contributed by atoms with van der Waals surface area (Å²) in [4.78, 5) is 0. The molecule has 1 aromatic carbocycles. The monoisotopic (exact) mass is 213 g/mol. The van der Waals surface area contributed by atoms with Crippen molar-refractivity contribution in [3.05, 3.63) is 29.3 Å². The van der Waals surface area contributed by atoms with Crippen molar-refractivity contribution < 1.29 is 13.5 Å². The van der Waals surface area contributed by atoms with Crippen molar-refractivity contribution in [3.63, 3.8) is 0 Å². The Bertz CT molecular complexity index is 339. The number of methoxy groups -OCH3 is 1. The van der Waals surface area contributed by atoms with Crippen LogP contribution in [0.3, 0.4) is 0 Å². The molecule has 0 spiro atoms. The maximum atomic E-state index is 13.6. The Balaban J connectivity index is 2.37. The minimum atomic E-state index is -0.536. The van der Waals surface area contributed by atoms with E-state index in [9.17, 15) is 8.78 Å². The quantitative estimate of drug-likeness (QED) is 0.814. The summed E-state index contributed by atoms with van der Waals surface area (Å²) in [6.45, 7) is 0.815. The summed E-state index contributed by atoms with van der Waals surface area (Å²) in [7, 11) is 1.39. The van der Waals surface area contributed by atoms with Crippen molar-refractivity contribution in [2.45, 2.75) is 18.9 Å². The third kappa shape index (κ3) is 1.95. The van der Waals surface area contributed by atoms with E-state index in [0.717, 1.165) is 19.4 Å². The van der Waals surface area contributed by atoms with Crippen LogP contribution >= 0.6 is 0 Å². The zero-order chi connectivity index (χ0) is 10.8. The lowest BCUT2D eigenvalue weighted by Crippen LogP contribution is -2.16. The smallest absolute Gasteiger partial charge is 0.134 e. The Labute approximate surface area is 87.2 Å². The predicted molar refractivity (Wildman–Crippen MR) is 52.9 cm³/mol. The molecule has 1 heterocycles. The van der Waals surface area contributed by atoms with Gasteiger partial charge >= 0.3 is 0 Å². The van der Waals surface area contributed by atoms with E-state index in [2.05, 4.69) is 5.32 Å². The highest BCUT2D eigenvalue weighted by molar-refractivity contribution is 5.32. The number of nitrogens with one attached hydrogen (secondary N) is 1. The molecule has 0 aromatic heterocycles. The summed E-state index contributed by atoms with van der Waals surface area (Å²) in [5.74, 6) is -0.857. The molecule has 1 fully saturated rings. The lowest BCUT2D eigenvalue weighted by atomic mass is 10.0. The van der Waals surface area contributed by atoms with E-state index in [4.69, 9.17) is 4.74 Å². The third-order valence-corrected chi connectivity index (χ3v) is 2.70.